The largest absolute Gasteiger partial charge is 0.481 e. The first kappa shape index (κ1) is 55.2. The number of aliphatic carboxylic acids is 1. The molecule has 0 radical (unpaired) electrons. The molecule has 11 nitrogen and oxygen atoms in total. The number of esters is 1. The molecule has 0 aliphatic carbocycles. The number of unbranched alkanes of at least 4 members (excludes halogenated alkanes) is 28. The number of amides is 1. The second kappa shape index (κ2) is 40.9. The summed E-state index contributed by atoms with van der Waals surface area (Å²) in [5, 5.41) is 11.1. The van der Waals surface area contributed by atoms with E-state index in [0.29, 0.717) is 12.8 Å². The fourth-order valence-electron chi connectivity index (χ4n) is 6.94. The third-order valence-corrected chi connectivity index (χ3v) is 11.4. The Morgan fingerprint density at radius 1 is 0.526 bits per heavy atom. The van der Waals surface area contributed by atoms with Crippen LogP contribution in [0.4, 0.5) is 0 Å². The molecule has 0 rings (SSSR count). The predicted octanol–water partition coefficient (Wildman–Crippen LogP) is 12.5. The van der Waals surface area contributed by atoms with Gasteiger partial charge in [-0.1, -0.05) is 194 Å². The number of ether oxygens (including phenoxy) is 1. The topological polar surface area (TPSA) is 166 Å². The van der Waals surface area contributed by atoms with Crippen molar-refractivity contribution in [3.05, 3.63) is 0 Å². The van der Waals surface area contributed by atoms with Crippen molar-refractivity contribution < 1.29 is 47.5 Å². The predicted molar refractivity (Wildman–Crippen MR) is 230 cm³/mol. The number of phosphoric ester groups is 1. The molecule has 0 bridgehead atoms. The van der Waals surface area contributed by atoms with Gasteiger partial charge in [-0.3, -0.25) is 28.2 Å². The normalized spacial score (nSPS) is 13.0. The van der Waals surface area contributed by atoms with Gasteiger partial charge >= 0.3 is 19.8 Å². The standard InChI is InChI=1S/C45H86NO10P/c1-3-5-7-9-11-13-15-17-19-21-23-25-27-29-31-33-41(47)39-42(40-55-57(52,53)54-38-37-46-43(48)35-36-44(49)50)56-45(51)34-32-30-28-26-24-22-20-18-16-14-12-10-8-6-4-2/h42H,3-40H2,1-2H3,(H,46,48)(H,49,50)(H,52,53). The monoisotopic (exact) mass is 832 g/mol. The van der Waals surface area contributed by atoms with Crippen molar-refractivity contribution >= 4 is 31.5 Å². The van der Waals surface area contributed by atoms with Crippen molar-refractivity contribution in [1.82, 2.24) is 5.32 Å². The fraction of sp³-hybridized carbons (Fsp3) is 0.911. The molecular formula is C45H86NO10P. The van der Waals surface area contributed by atoms with Gasteiger partial charge in [0.05, 0.1) is 19.6 Å². The summed E-state index contributed by atoms with van der Waals surface area (Å²) in [6.07, 6.45) is 35.7. The van der Waals surface area contributed by atoms with E-state index in [0.717, 1.165) is 44.9 Å². The maximum atomic E-state index is 12.9. The lowest BCUT2D eigenvalue weighted by Gasteiger charge is -2.19. The average Bonchev–Trinajstić information content (AvgIpc) is 3.17. The number of carbonyl (C=O) groups is 4. The summed E-state index contributed by atoms with van der Waals surface area (Å²) < 4.78 is 28.1. The summed E-state index contributed by atoms with van der Waals surface area (Å²) in [5.41, 5.74) is 0. The van der Waals surface area contributed by atoms with Crippen molar-refractivity contribution in [2.45, 2.75) is 245 Å². The minimum atomic E-state index is -4.58. The molecule has 57 heavy (non-hydrogen) atoms. The van der Waals surface area contributed by atoms with E-state index >= 15 is 0 Å². The molecule has 336 valence electrons. The molecule has 12 heteroatoms. The van der Waals surface area contributed by atoms with Crippen LogP contribution in [0.2, 0.25) is 0 Å². The molecule has 0 fully saturated rings. The third kappa shape index (κ3) is 42.1. The highest BCUT2D eigenvalue weighted by Crippen LogP contribution is 2.43. The molecule has 2 atom stereocenters. The Labute approximate surface area is 347 Å². The van der Waals surface area contributed by atoms with Crippen LogP contribution in [-0.2, 0) is 37.5 Å². The maximum absolute atomic E-state index is 12.9. The average molecular weight is 832 g/mol. The summed E-state index contributed by atoms with van der Waals surface area (Å²) in [6.45, 7) is 3.55. The number of ketones is 1. The molecule has 3 N–H and O–H groups in total. The van der Waals surface area contributed by atoms with Crippen molar-refractivity contribution in [1.29, 1.82) is 0 Å². The summed E-state index contributed by atoms with van der Waals surface area (Å²) >= 11 is 0. The highest BCUT2D eigenvalue weighted by Gasteiger charge is 2.26. The summed E-state index contributed by atoms with van der Waals surface area (Å²) in [6, 6.07) is 0. The molecule has 0 saturated carbocycles. The van der Waals surface area contributed by atoms with Crippen molar-refractivity contribution in [2.75, 3.05) is 19.8 Å². The first-order valence-corrected chi connectivity index (χ1v) is 24.9. The van der Waals surface area contributed by atoms with E-state index in [2.05, 4.69) is 19.2 Å². The second-order valence-corrected chi connectivity index (χ2v) is 17.5. The summed E-state index contributed by atoms with van der Waals surface area (Å²) in [7, 11) is -4.58. The van der Waals surface area contributed by atoms with Gasteiger partial charge < -0.3 is 20.1 Å². The lowest BCUT2D eigenvalue weighted by molar-refractivity contribution is -0.152. The molecule has 0 spiro atoms. The molecule has 0 aromatic rings. The number of hydrogen-bond acceptors (Lipinski definition) is 8. The van der Waals surface area contributed by atoms with Crippen LogP contribution in [0.25, 0.3) is 0 Å². The Hall–Kier alpha value is -1.81. The van der Waals surface area contributed by atoms with Gasteiger partial charge in [0.1, 0.15) is 11.9 Å². The number of rotatable bonds is 45. The van der Waals surface area contributed by atoms with E-state index in [1.807, 2.05) is 0 Å². The van der Waals surface area contributed by atoms with Gasteiger partial charge in [-0.05, 0) is 12.8 Å². The number of phosphoric acid groups is 1. The lowest BCUT2D eigenvalue weighted by atomic mass is 10.0. The first-order chi connectivity index (χ1) is 27.6. The molecule has 0 saturated heterocycles. The van der Waals surface area contributed by atoms with Crippen molar-refractivity contribution in [3.8, 4) is 0 Å². The number of nitrogens with one attached hydrogen (secondary N) is 1. The van der Waals surface area contributed by atoms with Crippen molar-refractivity contribution in [2.24, 2.45) is 0 Å². The quantitative estimate of drug-likeness (QED) is 0.0305. The van der Waals surface area contributed by atoms with Gasteiger partial charge in [-0.25, -0.2) is 4.57 Å². The molecule has 0 aromatic heterocycles. The zero-order chi connectivity index (χ0) is 42.1. The van der Waals surface area contributed by atoms with E-state index in [4.69, 9.17) is 18.9 Å². The number of carboxylic acid groups (broad SMARTS) is 1. The van der Waals surface area contributed by atoms with E-state index in [1.54, 1.807) is 0 Å². The minimum Gasteiger partial charge on any atom is -0.481 e. The van der Waals surface area contributed by atoms with E-state index in [9.17, 15) is 28.6 Å². The van der Waals surface area contributed by atoms with Gasteiger partial charge in [-0.15, -0.1) is 0 Å². The molecule has 0 aliphatic rings. The van der Waals surface area contributed by atoms with Crippen LogP contribution in [-0.4, -0.2) is 59.5 Å². The number of carboxylic acids is 1. The van der Waals surface area contributed by atoms with E-state index in [1.165, 1.54) is 141 Å². The minimum absolute atomic E-state index is 0.0872. The Balaban J connectivity index is 4.46. The second-order valence-electron chi connectivity index (χ2n) is 16.1. The van der Waals surface area contributed by atoms with Gasteiger partial charge in [0.25, 0.3) is 0 Å². The molecule has 0 aliphatic heterocycles. The lowest BCUT2D eigenvalue weighted by Crippen LogP contribution is -2.28. The van der Waals surface area contributed by atoms with Crippen LogP contribution >= 0.6 is 7.82 Å². The SMILES string of the molecule is CCCCCCCCCCCCCCCCCC(=O)CC(COP(=O)(O)OCCNC(=O)CCC(=O)O)OC(=O)CCCCCCCCCCCCCCCCC. The van der Waals surface area contributed by atoms with Crippen LogP contribution in [0.3, 0.4) is 0 Å². The molecule has 0 heterocycles. The Morgan fingerprint density at radius 2 is 0.912 bits per heavy atom. The van der Waals surface area contributed by atoms with Gasteiger partial charge in [0.15, 0.2) is 0 Å². The fourth-order valence-corrected chi connectivity index (χ4v) is 7.70. The Morgan fingerprint density at radius 3 is 1.32 bits per heavy atom. The maximum Gasteiger partial charge on any atom is 0.472 e. The zero-order valence-corrected chi connectivity index (χ0v) is 37.4. The highest BCUT2D eigenvalue weighted by atomic mass is 31.2. The highest BCUT2D eigenvalue weighted by molar-refractivity contribution is 7.47. The third-order valence-electron chi connectivity index (χ3n) is 10.5. The van der Waals surface area contributed by atoms with Crippen LogP contribution in [0.5, 0.6) is 0 Å². The molecule has 1 amide bonds. The van der Waals surface area contributed by atoms with Crippen LogP contribution in [0.15, 0.2) is 0 Å². The molecule has 0 aromatic carbocycles. The smallest absolute Gasteiger partial charge is 0.472 e. The zero-order valence-electron chi connectivity index (χ0n) is 36.6. The van der Waals surface area contributed by atoms with E-state index < -0.39 is 38.4 Å². The van der Waals surface area contributed by atoms with Gasteiger partial charge in [0, 0.05) is 32.2 Å². The first-order valence-electron chi connectivity index (χ1n) is 23.4. The molecule has 2 unspecified atom stereocenters. The number of hydrogen-bond donors (Lipinski definition) is 3. The van der Waals surface area contributed by atoms with Crippen molar-refractivity contribution in [3.63, 3.8) is 0 Å². The Kier molecular flexibility index (Phi) is 39.6. The number of carbonyl (C=O) groups excluding carboxylic acids is 3. The Bertz CT molecular complexity index is 978. The van der Waals surface area contributed by atoms with E-state index in [-0.39, 0.29) is 44.6 Å². The van der Waals surface area contributed by atoms with Gasteiger partial charge in [0.2, 0.25) is 5.91 Å². The van der Waals surface area contributed by atoms with Crippen LogP contribution in [0, 0.1) is 0 Å². The summed E-state index contributed by atoms with van der Waals surface area (Å²) in [4.78, 5) is 58.1. The number of Topliss-reactive ketones (excluding diaryl/α,β-unsaturated/α-hetero) is 1. The van der Waals surface area contributed by atoms with Gasteiger partial charge in [-0.2, -0.15) is 0 Å². The summed E-state index contributed by atoms with van der Waals surface area (Å²) in [5.74, 6) is -2.18. The van der Waals surface area contributed by atoms with Crippen LogP contribution < -0.4 is 5.32 Å². The molecular weight excluding hydrogens is 745 g/mol. The van der Waals surface area contributed by atoms with Crippen LogP contribution in [0.1, 0.15) is 239 Å².